The zero-order valence-electron chi connectivity index (χ0n) is 17.3. The first-order valence-corrected chi connectivity index (χ1v) is 10.5. The average Bonchev–Trinajstić information content (AvgIpc) is 2.72. The molecule has 0 aliphatic carbocycles. The van der Waals surface area contributed by atoms with Crippen LogP contribution in [0.1, 0.15) is 47.7 Å². The van der Waals surface area contributed by atoms with Crippen LogP contribution in [0.15, 0.2) is 40.9 Å². The first-order chi connectivity index (χ1) is 14.3. The summed E-state index contributed by atoms with van der Waals surface area (Å²) in [6.07, 6.45) is 0.739. The molecule has 3 N–H and O–H groups in total. The largest absolute Gasteiger partial charge is 0.493 e. The lowest BCUT2D eigenvalue weighted by atomic mass is 10.1. The molecule has 8 heteroatoms. The van der Waals surface area contributed by atoms with E-state index in [0.29, 0.717) is 28.1 Å². The molecule has 3 amide bonds. The highest BCUT2D eigenvalue weighted by atomic mass is 79.9. The number of halogens is 1. The molecule has 2 rings (SSSR count). The number of hydrazine groups is 1. The van der Waals surface area contributed by atoms with E-state index >= 15 is 0 Å². The van der Waals surface area contributed by atoms with Gasteiger partial charge < -0.3 is 10.1 Å². The van der Waals surface area contributed by atoms with E-state index in [9.17, 15) is 14.4 Å². The molecule has 30 heavy (non-hydrogen) atoms. The minimum atomic E-state index is -0.504. The van der Waals surface area contributed by atoms with Crippen LogP contribution in [0.4, 0.5) is 5.69 Å². The van der Waals surface area contributed by atoms with Crippen molar-refractivity contribution in [2.75, 3.05) is 11.9 Å². The van der Waals surface area contributed by atoms with Gasteiger partial charge in [0.2, 0.25) is 11.8 Å². The number of aryl methyl sites for hydroxylation is 2. The second kappa shape index (κ2) is 11.3. The number of carbonyl (C=O) groups is 3. The maximum Gasteiger partial charge on any atom is 0.273 e. The fourth-order valence-corrected chi connectivity index (χ4v) is 2.90. The van der Waals surface area contributed by atoms with E-state index in [2.05, 4.69) is 32.1 Å². The van der Waals surface area contributed by atoms with Crippen molar-refractivity contribution >= 4 is 39.3 Å². The third kappa shape index (κ3) is 7.18. The number of amides is 3. The molecule has 0 heterocycles. The van der Waals surface area contributed by atoms with Gasteiger partial charge in [0.25, 0.3) is 5.91 Å². The molecule has 0 radical (unpaired) electrons. The Hall–Kier alpha value is -2.87. The standard InChI is InChI=1S/C22H26BrN3O4/c1-4-11-30-19-8-6-16(23)13-18(19)22(29)26-25-21(28)10-9-20(27)24-17-7-5-14(2)15(3)12-17/h5-8,12-13H,4,9-11H2,1-3H3,(H,24,27)(H,25,28)(H,26,29). The van der Waals surface area contributed by atoms with Gasteiger partial charge in [0.1, 0.15) is 5.75 Å². The summed E-state index contributed by atoms with van der Waals surface area (Å²) in [5.74, 6) is -0.818. The van der Waals surface area contributed by atoms with E-state index in [4.69, 9.17) is 4.74 Å². The summed E-state index contributed by atoms with van der Waals surface area (Å²) in [5, 5.41) is 2.76. The van der Waals surface area contributed by atoms with E-state index in [0.717, 1.165) is 17.5 Å². The first-order valence-electron chi connectivity index (χ1n) is 9.68. The third-order valence-corrected chi connectivity index (χ3v) is 4.83. The molecule has 0 spiro atoms. The highest BCUT2D eigenvalue weighted by molar-refractivity contribution is 9.10. The van der Waals surface area contributed by atoms with Crippen LogP contribution in [0.5, 0.6) is 5.75 Å². The number of hydrogen-bond acceptors (Lipinski definition) is 4. The van der Waals surface area contributed by atoms with Crippen LogP contribution < -0.4 is 20.9 Å². The van der Waals surface area contributed by atoms with Crippen LogP contribution >= 0.6 is 15.9 Å². The predicted molar refractivity (Wildman–Crippen MR) is 119 cm³/mol. The molecule has 7 nitrogen and oxygen atoms in total. The number of anilines is 1. The molecule has 0 unspecified atom stereocenters. The normalized spacial score (nSPS) is 10.3. The molecular formula is C22H26BrN3O4. The molecule has 160 valence electrons. The summed E-state index contributed by atoms with van der Waals surface area (Å²) in [6, 6.07) is 10.7. The Morgan fingerprint density at radius 1 is 0.933 bits per heavy atom. The Morgan fingerprint density at radius 2 is 1.67 bits per heavy atom. The SMILES string of the molecule is CCCOc1ccc(Br)cc1C(=O)NNC(=O)CCC(=O)Nc1ccc(C)c(C)c1. The zero-order chi connectivity index (χ0) is 22.1. The number of rotatable bonds is 8. The fraction of sp³-hybridized carbons (Fsp3) is 0.318. The summed E-state index contributed by atoms with van der Waals surface area (Å²) in [6.45, 7) is 6.40. The van der Waals surface area contributed by atoms with Crippen molar-refractivity contribution in [2.24, 2.45) is 0 Å². The molecule has 0 fully saturated rings. The molecule has 0 aromatic heterocycles. The number of benzene rings is 2. The van der Waals surface area contributed by atoms with Crippen LogP contribution in [0, 0.1) is 13.8 Å². The van der Waals surface area contributed by atoms with Crippen LogP contribution in [-0.2, 0) is 9.59 Å². The van der Waals surface area contributed by atoms with Crippen LogP contribution in [0.2, 0.25) is 0 Å². The fourth-order valence-electron chi connectivity index (χ4n) is 2.54. The topological polar surface area (TPSA) is 96.5 Å². The smallest absolute Gasteiger partial charge is 0.273 e. The molecule has 0 atom stereocenters. The Bertz CT molecular complexity index is 931. The molecule has 0 saturated heterocycles. The van der Waals surface area contributed by atoms with Crippen molar-refractivity contribution in [3.63, 3.8) is 0 Å². The maximum absolute atomic E-state index is 12.4. The molecule has 2 aromatic carbocycles. The monoisotopic (exact) mass is 475 g/mol. The van der Waals surface area contributed by atoms with E-state index in [-0.39, 0.29) is 18.7 Å². The molecular weight excluding hydrogens is 450 g/mol. The van der Waals surface area contributed by atoms with Crippen molar-refractivity contribution in [1.29, 1.82) is 0 Å². The van der Waals surface area contributed by atoms with Gasteiger partial charge in [-0.1, -0.05) is 28.9 Å². The van der Waals surface area contributed by atoms with E-state index in [1.54, 1.807) is 18.2 Å². The minimum absolute atomic E-state index is 0.00360. The number of nitrogens with one attached hydrogen (secondary N) is 3. The number of hydrogen-bond donors (Lipinski definition) is 3. The Labute approximate surface area is 184 Å². The summed E-state index contributed by atoms with van der Waals surface area (Å²) in [7, 11) is 0. The summed E-state index contributed by atoms with van der Waals surface area (Å²) in [4.78, 5) is 36.5. The van der Waals surface area contributed by atoms with Gasteiger partial charge in [0, 0.05) is 23.0 Å². The van der Waals surface area contributed by atoms with E-state index < -0.39 is 11.8 Å². The van der Waals surface area contributed by atoms with Crippen molar-refractivity contribution in [2.45, 2.75) is 40.0 Å². The molecule has 0 saturated carbocycles. The first kappa shape index (κ1) is 23.4. The van der Waals surface area contributed by atoms with Crippen molar-refractivity contribution in [1.82, 2.24) is 10.9 Å². The van der Waals surface area contributed by atoms with Crippen LogP contribution in [0.25, 0.3) is 0 Å². The lowest BCUT2D eigenvalue weighted by Crippen LogP contribution is -2.42. The van der Waals surface area contributed by atoms with Gasteiger partial charge in [0.05, 0.1) is 12.2 Å². The van der Waals surface area contributed by atoms with Gasteiger partial charge in [-0.25, -0.2) is 0 Å². The highest BCUT2D eigenvalue weighted by Crippen LogP contribution is 2.23. The molecule has 0 aliphatic heterocycles. The zero-order valence-corrected chi connectivity index (χ0v) is 18.9. The minimum Gasteiger partial charge on any atom is -0.493 e. The summed E-state index contributed by atoms with van der Waals surface area (Å²) >= 11 is 3.32. The summed E-state index contributed by atoms with van der Waals surface area (Å²) in [5.41, 5.74) is 7.88. The van der Waals surface area contributed by atoms with Gasteiger partial charge in [0.15, 0.2) is 0 Å². The van der Waals surface area contributed by atoms with Gasteiger partial charge in [-0.15, -0.1) is 0 Å². The van der Waals surface area contributed by atoms with Crippen molar-refractivity contribution < 1.29 is 19.1 Å². The van der Waals surface area contributed by atoms with Gasteiger partial charge in [-0.05, 0) is 61.7 Å². The average molecular weight is 476 g/mol. The Kier molecular flexibility index (Phi) is 8.86. The highest BCUT2D eigenvalue weighted by Gasteiger charge is 2.15. The second-order valence-corrected chi connectivity index (χ2v) is 7.75. The number of ether oxygens (including phenoxy) is 1. The van der Waals surface area contributed by atoms with E-state index in [1.807, 2.05) is 39.0 Å². The van der Waals surface area contributed by atoms with Gasteiger partial charge >= 0.3 is 0 Å². The Morgan fingerprint density at radius 3 is 2.37 bits per heavy atom. The molecule has 0 bridgehead atoms. The quantitative estimate of drug-likeness (QED) is 0.502. The summed E-state index contributed by atoms with van der Waals surface area (Å²) < 4.78 is 6.29. The van der Waals surface area contributed by atoms with Crippen LogP contribution in [0.3, 0.4) is 0 Å². The third-order valence-electron chi connectivity index (χ3n) is 4.33. The van der Waals surface area contributed by atoms with Crippen LogP contribution in [-0.4, -0.2) is 24.3 Å². The predicted octanol–water partition coefficient (Wildman–Crippen LogP) is 4.03. The molecule has 2 aromatic rings. The second-order valence-electron chi connectivity index (χ2n) is 6.84. The Balaban J connectivity index is 1.82. The maximum atomic E-state index is 12.4. The van der Waals surface area contributed by atoms with Gasteiger partial charge in [-0.3, -0.25) is 25.2 Å². The number of carbonyl (C=O) groups excluding carboxylic acids is 3. The van der Waals surface area contributed by atoms with Crippen molar-refractivity contribution in [3.8, 4) is 5.75 Å². The molecule has 0 aliphatic rings. The lowest BCUT2D eigenvalue weighted by molar-refractivity contribution is -0.124. The lowest BCUT2D eigenvalue weighted by Gasteiger charge is -2.12. The van der Waals surface area contributed by atoms with E-state index in [1.165, 1.54) is 0 Å². The van der Waals surface area contributed by atoms with Gasteiger partial charge in [-0.2, -0.15) is 0 Å². The van der Waals surface area contributed by atoms with Crippen molar-refractivity contribution in [3.05, 3.63) is 57.6 Å².